The molecular formula is C47H42N6O3. The standard InChI is InChI=1S/C11H10O.C9H8O.C8H7N.C7H6N2.C6H5N3O.C6H6/c12-10-7-11(5-6-11)9-4-2-1-3-8(9)10;10-9-6-5-7-3-1-2-4-8(7)9;1-2-7-4-5-9-6-8(7)3-1;1-2-4-7-6(3-1)5-8-9-7;10-6-8-7-5-3-1-2-4-9(5)6;1-2-4-6-5-3-1/h1-4H,5-7H2;1-4H,5-6H2;1-2,4-6H,3H2;1-5H,(H,8,9);1-4H,(H,8,10);1-6H. The molecule has 9 nitrogen and oxygen atoms in total. The van der Waals surface area contributed by atoms with Crippen molar-refractivity contribution in [1.29, 1.82) is 0 Å². The lowest BCUT2D eigenvalue weighted by Gasteiger charge is -2.04. The summed E-state index contributed by atoms with van der Waals surface area (Å²) in [6, 6.07) is 43.3. The first kappa shape index (κ1) is 37.3. The molecule has 2 N–H and O–H groups in total. The van der Waals surface area contributed by atoms with Crippen molar-refractivity contribution in [3.05, 3.63) is 208 Å². The summed E-state index contributed by atoms with van der Waals surface area (Å²) < 4.78 is 1.44. The third kappa shape index (κ3) is 9.19. The number of benzene rings is 4. The fraction of sp³-hybridized carbons (Fsp3) is 0.149. The zero-order valence-corrected chi connectivity index (χ0v) is 30.9. The van der Waals surface area contributed by atoms with Crippen molar-refractivity contribution in [3.8, 4) is 0 Å². The largest absolute Gasteiger partial charge is 0.347 e. The molecule has 278 valence electrons. The van der Waals surface area contributed by atoms with E-state index >= 15 is 0 Å². The van der Waals surface area contributed by atoms with Crippen LogP contribution in [0.5, 0.6) is 0 Å². The first-order valence-corrected chi connectivity index (χ1v) is 18.7. The number of carbonyl (C=O) groups excluding carboxylic acids is 2. The Morgan fingerprint density at radius 2 is 1.34 bits per heavy atom. The lowest BCUT2D eigenvalue weighted by molar-refractivity contribution is 0.0981. The number of ketones is 2. The van der Waals surface area contributed by atoms with Gasteiger partial charge < -0.3 is 0 Å². The van der Waals surface area contributed by atoms with Crippen LogP contribution in [-0.2, 0) is 18.3 Å². The summed E-state index contributed by atoms with van der Waals surface area (Å²) in [6.45, 7) is 0. The van der Waals surface area contributed by atoms with Crippen molar-refractivity contribution < 1.29 is 9.59 Å². The van der Waals surface area contributed by atoms with Crippen LogP contribution in [0, 0.1) is 0 Å². The monoisotopic (exact) mass is 738 g/mol. The van der Waals surface area contributed by atoms with Crippen molar-refractivity contribution in [2.24, 2.45) is 0 Å². The van der Waals surface area contributed by atoms with Gasteiger partial charge in [-0.1, -0.05) is 121 Å². The summed E-state index contributed by atoms with van der Waals surface area (Å²) in [4.78, 5) is 37.4. The maximum atomic E-state index is 11.5. The van der Waals surface area contributed by atoms with Crippen LogP contribution in [0.2, 0.25) is 0 Å². The van der Waals surface area contributed by atoms with Gasteiger partial charge in [-0.15, -0.1) is 0 Å². The Morgan fingerprint density at radius 3 is 2.07 bits per heavy atom. The Morgan fingerprint density at radius 1 is 0.625 bits per heavy atom. The highest BCUT2D eigenvalue weighted by molar-refractivity contribution is 6.03. The molecule has 0 radical (unpaired) electrons. The van der Waals surface area contributed by atoms with Crippen LogP contribution < -0.4 is 5.69 Å². The number of fused-ring (bicyclic) bond motifs is 6. The molecule has 1 spiro atoms. The molecule has 8 aromatic rings. The van der Waals surface area contributed by atoms with E-state index in [0.29, 0.717) is 29.0 Å². The van der Waals surface area contributed by atoms with Gasteiger partial charge in [0.05, 0.1) is 11.7 Å². The molecular weight excluding hydrogens is 697 g/mol. The Hall–Kier alpha value is -7.00. The fourth-order valence-electron chi connectivity index (χ4n) is 6.88. The summed E-state index contributed by atoms with van der Waals surface area (Å²) in [5.41, 5.74) is 8.95. The third-order valence-electron chi connectivity index (χ3n) is 10.0. The number of Topliss-reactive ketones (excluding diaryl/α,β-unsaturated/α-hetero) is 2. The highest BCUT2D eigenvalue weighted by Crippen LogP contribution is 2.56. The molecule has 0 aliphatic heterocycles. The number of nitrogens with one attached hydrogen (secondary N) is 2. The summed E-state index contributed by atoms with van der Waals surface area (Å²) in [5, 5.41) is 14.0. The molecule has 0 atom stereocenters. The molecule has 0 bridgehead atoms. The molecule has 0 amide bonds. The van der Waals surface area contributed by atoms with Gasteiger partial charge in [-0.3, -0.25) is 24.1 Å². The summed E-state index contributed by atoms with van der Waals surface area (Å²) in [5.74, 6) is 0.652. The quantitative estimate of drug-likeness (QED) is 0.160. The van der Waals surface area contributed by atoms with Gasteiger partial charge in [0, 0.05) is 53.4 Å². The number of aromatic amines is 2. The van der Waals surface area contributed by atoms with E-state index in [-0.39, 0.29) is 5.69 Å². The molecule has 4 aromatic heterocycles. The second-order valence-electron chi connectivity index (χ2n) is 13.8. The van der Waals surface area contributed by atoms with Crippen molar-refractivity contribution in [1.82, 2.24) is 29.8 Å². The molecule has 56 heavy (non-hydrogen) atoms. The van der Waals surface area contributed by atoms with Crippen LogP contribution in [0.1, 0.15) is 68.7 Å². The molecule has 1 fully saturated rings. The highest BCUT2D eigenvalue weighted by Gasteiger charge is 2.51. The lowest BCUT2D eigenvalue weighted by atomic mass is 9.99. The molecule has 1 saturated carbocycles. The van der Waals surface area contributed by atoms with Crippen molar-refractivity contribution >= 4 is 34.2 Å². The van der Waals surface area contributed by atoms with Gasteiger partial charge in [-0.2, -0.15) is 10.2 Å². The van der Waals surface area contributed by atoms with Crippen LogP contribution in [0.25, 0.3) is 22.6 Å². The van der Waals surface area contributed by atoms with Gasteiger partial charge in [0.1, 0.15) is 0 Å². The number of aromatic nitrogens is 6. The lowest BCUT2D eigenvalue weighted by Crippen LogP contribution is -2.07. The molecule has 12 rings (SSSR count). The van der Waals surface area contributed by atoms with Crippen molar-refractivity contribution in [2.75, 3.05) is 0 Å². The number of pyridine rings is 2. The Kier molecular flexibility index (Phi) is 11.9. The first-order chi connectivity index (χ1) is 27.5. The van der Waals surface area contributed by atoms with E-state index in [9.17, 15) is 14.4 Å². The topological polar surface area (TPSA) is 126 Å². The highest BCUT2D eigenvalue weighted by atomic mass is 16.1. The number of H-pyrrole nitrogens is 2. The summed E-state index contributed by atoms with van der Waals surface area (Å²) in [6.07, 6.45) is 17.4. The van der Waals surface area contributed by atoms with E-state index in [1.807, 2.05) is 134 Å². The number of carbonyl (C=O) groups is 2. The molecule has 0 saturated heterocycles. The number of para-hydroxylation sites is 1. The minimum absolute atomic E-state index is 0.199. The molecule has 0 unspecified atom stereocenters. The van der Waals surface area contributed by atoms with E-state index in [1.165, 1.54) is 39.5 Å². The molecule has 9 heteroatoms. The van der Waals surface area contributed by atoms with Gasteiger partial charge in [-0.25, -0.2) is 9.89 Å². The summed E-state index contributed by atoms with van der Waals surface area (Å²) >= 11 is 0. The van der Waals surface area contributed by atoms with Gasteiger partial charge in [0.25, 0.3) is 0 Å². The molecule has 4 aliphatic carbocycles. The molecule has 4 heterocycles. The first-order valence-electron chi connectivity index (χ1n) is 18.7. The van der Waals surface area contributed by atoms with Gasteiger partial charge in [-0.05, 0) is 72.2 Å². The van der Waals surface area contributed by atoms with Crippen LogP contribution in [-0.4, -0.2) is 41.3 Å². The van der Waals surface area contributed by atoms with Crippen LogP contribution in [0.3, 0.4) is 0 Å². The predicted octanol–water partition coefficient (Wildman–Crippen LogP) is 9.04. The maximum absolute atomic E-state index is 11.5. The molecule has 4 aromatic carbocycles. The van der Waals surface area contributed by atoms with E-state index in [1.54, 1.807) is 18.3 Å². The third-order valence-corrected chi connectivity index (χ3v) is 10.0. The summed E-state index contributed by atoms with van der Waals surface area (Å²) in [7, 11) is 0. The second kappa shape index (κ2) is 17.9. The minimum atomic E-state index is -0.199. The van der Waals surface area contributed by atoms with Gasteiger partial charge in [0.2, 0.25) is 0 Å². The fourth-order valence-corrected chi connectivity index (χ4v) is 6.88. The second-order valence-corrected chi connectivity index (χ2v) is 13.8. The number of aryl methyl sites for hydroxylation is 1. The number of rotatable bonds is 0. The van der Waals surface area contributed by atoms with Gasteiger partial charge >= 0.3 is 5.69 Å². The van der Waals surface area contributed by atoms with E-state index in [0.717, 1.165) is 41.3 Å². The number of allylic oxidation sites excluding steroid dienone is 1. The number of hydrogen-bond acceptors (Lipinski definition) is 6. The Labute approximate surface area is 324 Å². The number of nitrogens with zero attached hydrogens (tertiary/aromatic N) is 4. The van der Waals surface area contributed by atoms with Crippen molar-refractivity contribution in [2.45, 2.75) is 43.9 Å². The number of hydrogen-bond donors (Lipinski definition) is 2. The van der Waals surface area contributed by atoms with Crippen molar-refractivity contribution in [3.63, 3.8) is 0 Å². The average Bonchev–Trinajstić information content (AvgIpc) is 3.79. The Balaban J connectivity index is 0.000000104. The van der Waals surface area contributed by atoms with E-state index < -0.39 is 0 Å². The minimum Gasteiger partial charge on any atom is -0.294 e. The zero-order chi connectivity index (χ0) is 38.6. The van der Waals surface area contributed by atoms with Crippen LogP contribution >= 0.6 is 0 Å². The van der Waals surface area contributed by atoms with Gasteiger partial charge in [0.15, 0.2) is 17.2 Å². The SMILES string of the molecule is C1=Cc2ccncc2C1.O=C1CC2(CC2)c2ccccc21.O=C1CCc2ccccc21.O=c1[nH]nc2ccccn12.c1ccc2[nH]ncc2c1.c1ccccc1. The van der Waals surface area contributed by atoms with E-state index in [2.05, 4.69) is 43.6 Å². The smallest absolute Gasteiger partial charge is 0.294 e. The normalized spacial score (nSPS) is 14.2. The van der Waals surface area contributed by atoms with E-state index in [4.69, 9.17) is 0 Å². The predicted molar refractivity (Wildman–Crippen MR) is 221 cm³/mol. The Bertz CT molecular complexity index is 2580. The van der Waals surface area contributed by atoms with Crippen LogP contribution in [0.4, 0.5) is 0 Å². The molecule has 4 aliphatic rings. The zero-order valence-electron chi connectivity index (χ0n) is 30.9. The van der Waals surface area contributed by atoms with Crippen LogP contribution in [0.15, 0.2) is 169 Å². The maximum Gasteiger partial charge on any atom is 0.347 e. The average molecular weight is 739 g/mol.